The van der Waals surface area contributed by atoms with Gasteiger partial charge in [-0.1, -0.05) is 24.8 Å². The van der Waals surface area contributed by atoms with Crippen molar-refractivity contribution >= 4 is 22.6 Å². The van der Waals surface area contributed by atoms with Gasteiger partial charge in [0.2, 0.25) is 0 Å². The lowest BCUT2D eigenvalue weighted by molar-refractivity contribution is 0.0913. The molecule has 19 heavy (non-hydrogen) atoms. The highest BCUT2D eigenvalue weighted by molar-refractivity contribution is 14.1. The molecule has 1 aromatic carbocycles. The van der Waals surface area contributed by atoms with Crippen molar-refractivity contribution in [2.45, 2.75) is 18.9 Å². The molecule has 0 saturated carbocycles. The van der Waals surface area contributed by atoms with Crippen molar-refractivity contribution in [1.82, 2.24) is 4.98 Å². The van der Waals surface area contributed by atoms with Crippen LogP contribution in [0.5, 0.6) is 0 Å². The lowest BCUT2D eigenvalue weighted by Gasteiger charge is -2.19. The molecule has 2 aromatic rings. The predicted octanol–water partition coefficient (Wildman–Crippen LogP) is 3.34. The molecule has 0 amide bonds. The maximum Gasteiger partial charge on any atom is 0.167 e. The molecule has 0 aliphatic carbocycles. The zero-order valence-electron chi connectivity index (χ0n) is 10.6. The normalized spacial score (nSPS) is 13.2. The Kier molecular flexibility index (Phi) is 4.56. The molecule has 3 heteroatoms. The summed E-state index contributed by atoms with van der Waals surface area (Å²) in [5.74, 6) is 5.96. The molecule has 0 aliphatic heterocycles. The minimum absolute atomic E-state index is 0.501. The van der Waals surface area contributed by atoms with E-state index in [0.29, 0.717) is 12.1 Å². The van der Waals surface area contributed by atoms with Crippen LogP contribution in [-0.4, -0.2) is 10.1 Å². The van der Waals surface area contributed by atoms with E-state index in [1.807, 2.05) is 43.3 Å². The molecule has 0 spiro atoms. The average molecular weight is 363 g/mol. The van der Waals surface area contributed by atoms with Crippen molar-refractivity contribution in [2.24, 2.45) is 0 Å². The van der Waals surface area contributed by atoms with Gasteiger partial charge >= 0.3 is 0 Å². The minimum Gasteiger partial charge on any atom is -0.372 e. The first-order valence-corrected chi connectivity index (χ1v) is 7.14. The maximum atomic E-state index is 10.6. The average Bonchev–Trinajstić information content (AvgIpc) is 2.47. The van der Waals surface area contributed by atoms with E-state index in [9.17, 15) is 5.11 Å². The summed E-state index contributed by atoms with van der Waals surface area (Å²) in [5, 5.41) is 10.6. The highest BCUT2D eigenvalue weighted by Crippen LogP contribution is 2.21. The Hall–Kier alpha value is -1.38. The van der Waals surface area contributed by atoms with Crippen LogP contribution in [0.2, 0.25) is 0 Å². The van der Waals surface area contributed by atoms with E-state index >= 15 is 0 Å². The highest BCUT2D eigenvalue weighted by Gasteiger charge is 2.25. The van der Waals surface area contributed by atoms with Crippen molar-refractivity contribution in [1.29, 1.82) is 0 Å². The zero-order valence-corrected chi connectivity index (χ0v) is 12.8. The van der Waals surface area contributed by atoms with Gasteiger partial charge in [0.05, 0.1) is 5.69 Å². The number of aromatic nitrogens is 1. The molecule has 0 unspecified atom stereocenters. The Morgan fingerprint density at radius 2 is 1.95 bits per heavy atom. The van der Waals surface area contributed by atoms with Gasteiger partial charge in [-0.15, -0.1) is 0 Å². The fourth-order valence-electron chi connectivity index (χ4n) is 1.65. The number of aliphatic hydroxyl groups is 1. The lowest BCUT2D eigenvalue weighted by atomic mass is 9.96. The Morgan fingerprint density at radius 1 is 1.21 bits per heavy atom. The van der Waals surface area contributed by atoms with Crippen LogP contribution in [0.3, 0.4) is 0 Å². The predicted molar refractivity (Wildman–Crippen MR) is 84.5 cm³/mol. The van der Waals surface area contributed by atoms with Crippen molar-refractivity contribution < 1.29 is 5.11 Å². The fourth-order valence-corrected chi connectivity index (χ4v) is 2.01. The summed E-state index contributed by atoms with van der Waals surface area (Å²) in [5.41, 5.74) is 0.295. The van der Waals surface area contributed by atoms with E-state index in [-0.39, 0.29) is 0 Å². The maximum absolute atomic E-state index is 10.6. The summed E-state index contributed by atoms with van der Waals surface area (Å²) in [7, 11) is 0. The molecule has 0 fully saturated rings. The monoisotopic (exact) mass is 363 g/mol. The molecular weight excluding hydrogens is 349 g/mol. The van der Waals surface area contributed by atoms with Crippen LogP contribution >= 0.6 is 22.6 Å². The smallest absolute Gasteiger partial charge is 0.167 e. The molecule has 1 N–H and O–H groups in total. The van der Waals surface area contributed by atoms with Crippen molar-refractivity contribution in [3.63, 3.8) is 0 Å². The van der Waals surface area contributed by atoms with E-state index < -0.39 is 5.60 Å². The Morgan fingerprint density at radius 3 is 2.53 bits per heavy atom. The molecule has 0 bridgehead atoms. The first kappa shape index (κ1) is 14.0. The van der Waals surface area contributed by atoms with Crippen LogP contribution in [-0.2, 0) is 5.60 Å². The molecule has 1 atom stereocenters. The molecule has 0 saturated heterocycles. The summed E-state index contributed by atoms with van der Waals surface area (Å²) in [4.78, 5) is 4.19. The summed E-state index contributed by atoms with van der Waals surface area (Å²) in [6.45, 7) is 1.90. The third-order valence-electron chi connectivity index (χ3n) is 2.86. The molecule has 0 radical (unpaired) electrons. The number of hydrogen-bond donors (Lipinski definition) is 1. The minimum atomic E-state index is -1.19. The Bertz CT molecular complexity index is 598. The van der Waals surface area contributed by atoms with Crippen LogP contribution in [0.15, 0.2) is 48.7 Å². The molecule has 2 nitrogen and oxygen atoms in total. The van der Waals surface area contributed by atoms with Gasteiger partial charge in [-0.25, -0.2) is 0 Å². The zero-order chi connectivity index (χ0) is 13.7. The number of halogens is 1. The SMILES string of the molecule is CC[C@](O)(C#Cc1ccc(I)cc1)c1ccccn1. The second-order valence-electron chi connectivity index (χ2n) is 4.19. The van der Waals surface area contributed by atoms with Gasteiger partial charge in [0.25, 0.3) is 0 Å². The first-order chi connectivity index (χ1) is 9.14. The van der Waals surface area contributed by atoms with E-state index in [1.165, 1.54) is 3.57 Å². The van der Waals surface area contributed by atoms with Gasteiger partial charge in [0, 0.05) is 15.3 Å². The lowest BCUT2D eigenvalue weighted by Crippen LogP contribution is -2.23. The molecule has 96 valence electrons. The van der Waals surface area contributed by atoms with Crippen molar-refractivity contribution in [2.75, 3.05) is 0 Å². The molecule has 1 heterocycles. The topological polar surface area (TPSA) is 33.1 Å². The summed E-state index contributed by atoms with van der Waals surface area (Å²) < 4.78 is 1.17. The summed E-state index contributed by atoms with van der Waals surface area (Å²) >= 11 is 2.25. The van der Waals surface area contributed by atoms with E-state index in [0.717, 1.165) is 5.56 Å². The summed E-state index contributed by atoms with van der Waals surface area (Å²) in [6.07, 6.45) is 2.17. The van der Waals surface area contributed by atoms with Gasteiger partial charge in [-0.3, -0.25) is 4.98 Å². The molecule has 2 rings (SSSR count). The van der Waals surface area contributed by atoms with Crippen molar-refractivity contribution in [3.05, 3.63) is 63.5 Å². The number of rotatable bonds is 2. The van der Waals surface area contributed by atoms with Gasteiger partial charge in [0.15, 0.2) is 5.60 Å². The quantitative estimate of drug-likeness (QED) is 0.656. The number of nitrogens with zero attached hydrogens (tertiary/aromatic N) is 1. The van der Waals surface area contributed by atoms with Gasteiger partial charge in [0.1, 0.15) is 0 Å². The Labute approximate surface area is 127 Å². The van der Waals surface area contributed by atoms with Gasteiger partial charge < -0.3 is 5.11 Å². The highest BCUT2D eigenvalue weighted by atomic mass is 127. The van der Waals surface area contributed by atoms with Gasteiger partial charge in [-0.05, 0) is 65.4 Å². The third kappa shape index (κ3) is 3.55. The number of pyridine rings is 1. The summed E-state index contributed by atoms with van der Waals surface area (Å²) in [6, 6.07) is 13.4. The molecule has 1 aromatic heterocycles. The fraction of sp³-hybridized carbons (Fsp3) is 0.188. The number of hydrogen-bond acceptors (Lipinski definition) is 2. The third-order valence-corrected chi connectivity index (χ3v) is 3.58. The van der Waals surface area contributed by atoms with E-state index in [4.69, 9.17) is 0 Å². The Balaban J connectivity index is 2.32. The second-order valence-corrected chi connectivity index (χ2v) is 5.43. The largest absolute Gasteiger partial charge is 0.372 e. The van der Waals surface area contributed by atoms with Crippen LogP contribution in [0, 0.1) is 15.4 Å². The van der Waals surface area contributed by atoms with E-state index in [1.54, 1.807) is 12.3 Å². The van der Waals surface area contributed by atoms with Crippen LogP contribution in [0.4, 0.5) is 0 Å². The second kappa shape index (κ2) is 6.18. The van der Waals surface area contributed by atoms with Crippen LogP contribution < -0.4 is 0 Å². The first-order valence-electron chi connectivity index (χ1n) is 6.07. The van der Waals surface area contributed by atoms with Crippen LogP contribution in [0.25, 0.3) is 0 Å². The van der Waals surface area contributed by atoms with Crippen LogP contribution in [0.1, 0.15) is 24.6 Å². The molecular formula is C16H14INO. The van der Waals surface area contributed by atoms with Crippen molar-refractivity contribution in [3.8, 4) is 11.8 Å². The molecule has 0 aliphatic rings. The standard InChI is InChI=1S/C16H14INO/c1-2-16(19,15-5-3-4-12-18-15)11-10-13-6-8-14(17)9-7-13/h3-9,12,19H,2H2,1H3/t16-/m0/s1. The number of benzene rings is 1. The van der Waals surface area contributed by atoms with Gasteiger partial charge in [-0.2, -0.15) is 0 Å². The van der Waals surface area contributed by atoms with E-state index in [2.05, 4.69) is 39.4 Å².